The average Bonchev–Trinajstić information content (AvgIpc) is 2.37. The van der Waals surface area contributed by atoms with Crippen LogP contribution in [0.4, 0.5) is 8.78 Å². The molecule has 0 spiro atoms. The Kier molecular flexibility index (Phi) is 3.78. The van der Waals surface area contributed by atoms with Crippen LogP contribution < -0.4 is 5.73 Å². The second-order valence-corrected chi connectivity index (χ2v) is 4.63. The highest BCUT2D eigenvalue weighted by atomic mass is 19.1. The first-order chi connectivity index (χ1) is 8.97. The van der Waals surface area contributed by atoms with Crippen molar-refractivity contribution in [2.75, 3.05) is 13.1 Å². The van der Waals surface area contributed by atoms with Crippen molar-refractivity contribution in [3.05, 3.63) is 35.4 Å². The van der Waals surface area contributed by atoms with Crippen molar-refractivity contribution >= 4 is 11.8 Å². The first-order valence-electron chi connectivity index (χ1n) is 6.02. The largest absolute Gasteiger partial charge is 0.369 e. The van der Waals surface area contributed by atoms with Crippen LogP contribution in [0.25, 0.3) is 0 Å². The SMILES string of the molecule is NC(=O)C1CCN(C(=O)c2cc(F)cc(F)c2)CC1. The van der Waals surface area contributed by atoms with Crippen LogP contribution in [-0.2, 0) is 4.79 Å². The molecule has 1 heterocycles. The molecule has 19 heavy (non-hydrogen) atoms. The summed E-state index contributed by atoms with van der Waals surface area (Å²) in [7, 11) is 0. The molecular formula is C13H14F2N2O2. The Labute approximate surface area is 109 Å². The van der Waals surface area contributed by atoms with E-state index in [1.54, 1.807) is 0 Å². The number of nitrogens with zero attached hydrogens (tertiary/aromatic N) is 1. The van der Waals surface area contributed by atoms with Gasteiger partial charge in [0.1, 0.15) is 11.6 Å². The molecule has 0 bridgehead atoms. The van der Waals surface area contributed by atoms with Gasteiger partial charge in [0.2, 0.25) is 5.91 Å². The van der Waals surface area contributed by atoms with E-state index >= 15 is 0 Å². The number of primary amides is 1. The van der Waals surface area contributed by atoms with Gasteiger partial charge in [0, 0.05) is 30.6 Å². The lowest BCUT2D eigenvalue weighted by Gasteiger charge is -2.30. The number of benzene rings is 1. The van der Waals surface area contributed by atoms with Gasteiger partial charge in [0.15, 0.2) is 0 Å². The van der Waals surface area contributed by atoms with Crippen LogP contribution in [0.1, 0.15) is 23.2 Å². The van der Waals surface area contributed by atoms with Gasteiger partial charge in [-0.15, -0.1) is 0 Å². The van der Waals surface area contributed by atoms with Crippen molar-refractivity contribution in [1.29, 1.82) is 0 Å². The molecule has 0 atom stereocenters. The standard InChI is InChI=1S/C13H14F2N2O2/c14-10-5-9(6-11(15)7-10)13(19)17-3-1-8(2-4-17)12(16)18/h5-8H,1-4H2,(H2,16,18). The van der Waals surface area contributed by atoms with Gasteiger partial charge in [0.25, 0.3) is 5.91 Å². The maximum absolute atomic E-state index is 13.1. The quantitative estimate of drug-likeness (QED) is 0.878. The summed E-state index contributed by atoms with van der Waals surface area (Å²) in [6.45, 7) is 0.731. The van der Waals surface area contributed by atoms with Crippen molar-refractivity contribution in [1.82, 2.24) is 4.90 Å². The molecule has 2 rings (SSSR count). The zero-order chi connectivity index (χ0) is 14.0. The molecule has 6 heteroatoms. The van der Waals surface area contributed by atoms with E-state index in [0.29, 0.717) is 25.9 Å². The lowest BCUT2D eigenvalue weighted by molar-refractivity contribution is -0.123. The molecule has 2 amide bonds. The summed E-state index contributed by atoms with van der Waals surface area (Å²) in [5, 5.41) is 0. The fraction of sp³-hybridized carbons (Fsp3) is 0.385. The Bertz CT molecular complexity index is 491. The average molecular weight is 268 g/mol. The molecule has 1 aliphatic heterocycles. The number of carbonyl (C=O) groups excluding carboxylic acids is 2. The molecule has 4 nitrogen and oxygen atoms in total. The number of nitrogens with two attached hydrogens (primary N) is 1. The zero-order valence-electron chi connectivity index (χ0n) is 10.2. The molecule has 0 aliphatic carbocycles. The van der Waals surface area contributed by atoms with Crippen molar-refractivity contribution in [2.45, 2.75) is 12.8 Å². The Hall–Kier alpha value is -1.98. The van der Waals surface area contributed by atoms with E-state index in [9.17, 15) is 18.4 Å². The smallest absolute Gasteiger partial charge is 0.254 e. The van der Waals surface area contributed by atoms with E-state index in [0.717, 1.165) is 18.2 Å². The van der Waals surface area contributed by atoms with Crippen LogP contribution in [0.5, 0.6) is 0 Å². The fourth-order valence-electron chi connectivity index (χ4n) is 2.23. The van der Waals surface area contributed by atoms with Crippen LogP contribution in [0.15, 0.2) is 18.2 Å². The van der Waals surface area contributed by atoms with Gasteiger partial charge < -0.3 is 10.6 Å². The molecule has 0 unspecified atom stereocenters. The third-order valence-electron chi connectivity index (χ3n) is 3.29. The topological polar surface area (TPSA) is 63.4 Å². The van der Waals surface area contributed by atoms with Crippen molar-refractivity contribution in [2.24, 2.45) is 11.7 Å². The van der Waals surface area contributed by atoms with Gasteiger partial charge >= 0.3 is 0 Å². The first-order valence-corrected chi connectivity index (χ1v) is 6.02. The molecule has 0 radical (unpaired) electrons. The van der Waals surface area contributed by atoms with Crippen LogP contribution in [0.3, 0.4) is 0 Å². The minimum atomic E-state index is -0.782. The highest BCUT2D eigenvalue weighted by Crippen LogP contribution is 2.19. The summed E-state index contributed by atoms with van der Waals surface area (Å²) >= 11 is 0. The number of amides is 2. The van der Waals surface area contributed by atoms with Crippen LogP contribution in [0.2, 0.25) is 0 Å². The van der Waals surface area contributed by atoms with Gasteiger partial charge in [-0.2, -0.15) is 0 Å². The fourth-order valence-corrected chi connectivity index (χ4v) is 2.23. The highest BCUT2D eigenvalue weighted by Gasteiger charge is 2.26. The minimum Gasteiger partial charge on any atom is -0.369 e. The number of rotatable bonds is 2. The predicted octanol–water partition coefficient (Wildman–Crippen LogP) is 1.30. The van der Waals surface area contributed by atoms with E-state index < -0.39 is 17.5 Å². The Morgan fingerprint density at radius 1 is 1.11 bits per heavy atom. The molecule has 0 saturated carbocycles. The summed E-state index contributed by atoms with van der Waals surface area (Å²) < 4.78 is 26.1. The van der Waals surface area contributed by atoms with E-state index in [2.05, 4.69) is 0 Å². The maximum Gasteiger partial charge on any atom is 0.254 e. The second kappa shape index (κ2) is 5.34. The first kappa shape index (κ1) is 13.5. The van der Waals surface area contributed by atoms with Crippen molar-refractivity contribution < 1.29 is 18.4 Å². The van der Waals surface area contributed by atoms with Gasteiger partial charge in [-0.1, -0.05) is 0 Å². The van der Waals surface area contributed by atoms with Crippen LogP contribution in [0, 0.1) is 17.6 Å². The molecule has 1 aromatic carbocycles. The van der Waals surface area contributed by atoms with E-state index in [4.69, 9.17) is 5.73 Å². The Balaban J connectivity index is 2.07. The molecule has 1 fully saturated rings. The summed E-state index contributed by atoms with van der Waals surface area (Å²) in [5.41, 5.74) is 5.18. The number of hydrogen-bond acceptors (Lipinski definition) is 2. The van der Waals surface area contributed by atoms with Gasteiger partial charge in [-0.05, 0) is 25.0 Å². The summed E-state index contributed by atoms with van der Waals surface area (Å²) in [4.78, 5) is 24.5. The van der Waals surface area contributed by atoms with Crippen LogP contribution in [-0.4, -0.2) is 29.8 Å². The van der Waals surface area contributed by atoms with Crippen molar-refractivity contribution in [3.8, 4) is 0 Å². The van der Waals surface area contributed by atoms with Crippen molar-refractivity contribution in [3.63, 3.8) is 0 Å². The highest BCUT2D eigenvalue weighted by molar-refractivity contribution is 5.94. The second-order valence-electron chi connectivity index (χ2n) is 4.63. The van der Waals surface area contributed by atoms with Gasteiger partial charge in [-0.25, -0.2) is 8.78 Å². The normalized spacial score (nSPS) is 16.4. The molecule has 2 N–H and O–H groups in total. The van der Waals surface area contributed by atoms with Gasteiger partial charge in [-0.3, -0.25) is 9.59 Å². The molecule has 1 aliphatic rings. The maximum atomic E-state index is 13.1. The molecule has 0 aromatic heterocycles. The number of halogens is 2. The Morgan fingerprint density at radius 3 is 2.11 bits per heavy atom. The third kappa shape index (κ3) is 3.07. The lowest BCUT2D eigenvalue weighted by Crippen LogP contribution is -2.41. The number of likely N-dealkylation sites (tertiary alicyclic amines) is 1. The minimum absolute atomic E-state index is 0.0185. The Morgan fingerprint density at radius 2 is 1.63 bits per heavy atom. The van der Waals surface area contributed by atoms with Crippen LogP contribution >= 0.6 is 0 Å². The molecule has 1 saturated heterocycles. The predicted molar refractivity (Wildman–Crippen MR) is 64.2 cm³/mol. The third-order valence-corrected chi connectivity index (χ3v) is 3.29. The summed E-state index contributed by atoms with van der Waals surface area (Å²) in [5.74, 6) is -2.59. The van der Waals surface area contributed by atoms with Gasteiger partial charge in [0.05, 0.1) is 0 Å². The zero-order valence-corrected chi connectivity index (χ0v) is 10.2. The monoisotopic (exact) mass is 268 g/mol. The molecule has 102 valence electrons. The molecule has 1 aromatic rings. The van der Waals surface area contributed by atoms with E-state index in [1.807, 2.05) is 0 Å². The van der Waals surface area contributed by atoms with E-state index in [-0.39, 0.29) is 17.4 Å². The molecular weight excluding hydrogens is 254 g/mol. The number of hydrogen-bond donors (Lipinski definition) is 1. The number of carbonyl (C=O) groups is 2. The lowest BCUT2D eigenvalue weighted by atomic mass is 9.96. The van der Waals surface area contributed by atoms with E-state index in [1.165, 1.54) is 4.90 Å². The number of piperidine rings is 1. The summed E-state index contributed by atoms with van der Waals surface area (Å²) in [6.07, 6.45) is 0.970. The summed E-state index contributed by atoms with van der Waals surface area (Å²) in [6, 6.07) is 2.73.